The molecule has 2 aromatic carbocycles. The van der Waals surface area contributed by atoms with Gasteiger partial charge in [-0.05, 0) is 16.8 Å². The molecular formula is C14H14O3. The van der Waals surface area contributed by atoms with Gasteiger partial charge in [-0.25, -0.2) is 0 Å². The van der Waals surface area contributed by atoms with Crippen molar-refractivity contribution < 1.29 is 14.6 Å². The summed E-state index contributed by atoms with van der Waals surface area (Å²) in [6, 6.07) is 12.7. The van der Waals surface area contributed by atoms with Gasteiger partial charge >= 0.3 is 0 Å². The summed E-state index contributed by atoms with van der Waals surface area (Å²) in [4.78, 5) is 9.00. The van der Waals surface area contributed by atoms with Crippen molar-refractivity contribution in [3.05, 3.63) is 42.0 Å². The summed E-state index contributed by atoms with van der Waals surface area (Å²) in [5.41, 5.74) is 1.37. The molecule has 0 amide bonds. The van der Waals surface area contributed by atoms with Gasteiger partial charge in [0.05, 0.1) is 6.61 Å². The lowest BCUT2D eigenvalue weighted by Gasteiger charge is -2.02. The van der Waals surface area contributed by atoms with E-state index in [2.05, 4.69) is 36.4 Å². The lowest BCUT2D eigenvalue weighted by molar-refractivity contribution is -0.134. The standard InChI is InChI=1S/C12H10O.C2H4O2/c1-2-4-10-9(3-1)5-6-12-11(10)7-8-13-12;1-2(3)4/h1-6H,7-8H2;1H3,(H,3,4). The van der Waals surface area contributed by atoms with Crippen LogP contribution in [0.2, 0.25) is 0 Å². The Hall–Kier alpha value is -2.03. The van der Waals surface area contributed by atoms with Gasteiger partial charge in [0.25, 0.3) is 5.97 Å². The van der Waals surface area contributed by atoms with Crippen LogP contribution < -0.4 is 4.74 Å². The van der Waals surface area contributed by atoms with Gasteiger partial charge in [-0.15, -0.1) is 0 Å². The van der Waals surface area contributed by atoms with E-state index >= 15 is 0 Å². The van der Waals surface area contributed by atoms with Crippen molar-refractivity contribution in [2.75, 3.05) is 6.61 Å². The lowest BCUT2D eigenvalue weighted by atomic mass is 10.0. The maximum atomic E-state index is 9.00. The number of carboxylic acid groups (broad SMARTS) is 1. The quantitative estimate of drug-likeness (QED) is 0.757. The third-order valence-corrected chi connectivity index (χ3v) is 2.61. The van der Waals surface area contributed by atoms with Crippen LogP contribution in [-0.4, -0.2) is 17.7 Å². The zero-order valence-electron chi connectivity index (χ0n) is 9.64. The van der Waals surface area contributed by atoms with Crippen molar-refractivity contribution in [3.63, 3.8) is 0 Å². The maximum Gasteiger partial charge on any atom is 0.300 e. The minimum Gasteiger partial charge on any atom is -0.493 e. The first-order chi connectivity index (χ1) is 8.18. The fraction of sp³-hybridized carbons (Fsp3) is 0.214. The van der Waals surface area contributed by atoms with Crippen LogP contribution in [0.3, 0.4) is 0 Å². The first kappa shape index (κ1) is 11.5. The van der Waals surface area contributed by atoms with Crippen molar-refractivity contribution in [2.24, 2.45) is 0 Å². The molecule has 0 radical (unpaired) electrons. The Balaban J connectivity index is 0.000000239. The number of rotatable bonds is 0. The van der Waals surface area contributed by atoms with Crippen molar-refractivity contribution in [1.29, 1.82) is 0 Å². The zero-order valence-corrected chi connectivity index (χ0v) is 9.64. The van der Waals surface area contributed by atoms with Gasteiger partial charge in [0.15, 0.2) is 0 Å². The van der Waals surface area contributed by atoms with E-state index in [9.17, 15) is 0 Å². The molecule has 0 spiro atoms. The normalized spacial score (nSPS) is 12.3. The zero-order chi connectivity index (χ0) is 12.3. The number of carboxylic acids is 1. The van der Waals surface area contributed by atoms with E-state index < -0.39 is 5.97 Å². The molecule has 0 unspecified atom stereocenters. The highest BCUT2D eigenvalue weighted by atomic mass is 16.5. The topological polar surface area (TPSA) is 46.5 Å². The second kappa shape index (κ2) is 4.87. The van der Waals surface area contributed by atoms with Crippen LogP contribution in [0.4, 0.5) is 0 Å². The molecule has 0 atom stereocenters. The van der Waals surface area contributed by atoms with Gasteiger partial charge in [0.1, 0.15) is 5.75 Å². The van der Waals surface area contributed by atoms with E-state index in [0.717, 1.165) is 25.7 Å². The van der Waals surface area contributed by atoms with Crippen LogP contribution in [0, 0.1) is 0 Å². The molecule has 1 N–H and O–H groups in total. The molecule has 0 saturated heterocycles. The van der Waals surface area contributed by atoms with Crippen LogP contribution in [0.1, 0.15) is 12.5 Å². The molecule has 0 saturated carbocycles. The number of hydrogen-bond donors (Lipinski definition) is 1. The van der Waals surface area contributed by atoms with Crippen LogP contribution in [0.5, 0.6) is 5.75 Å². The van der Waals surface area contributed by atoms with E-state index in [1.54, 1.807) is 0 Å². The summed E-state index contributed by atoms with van der Waals surface area (Å²) in [5, 5.41) is 10.1. The van der Waals surface area contributed by atoms with Gasteiger partial charge in [-0.2, -0.15) is 0 Å². The average molecular weight is 230 g/mol. The number of ether oxygens (including phenoxy) is 1. The van der Waals surface area contributed by atoms with Gasteiger partial charge < -0.3 is 9.84 Å². The fourth-order valence-corrected chi connectivity index (χ4v) is 1.97. The molecule has 0 aromatic heterocycles. The van der Waals surface area contributed by atoms with Gasteiger partial charge in [-0.3, -0.25) is 4.79 Å². The number of aliphatic carboxylic acids is 1. The number of carbonyl (C=O) groups is 1. The third-order valence-electron chi connectivity index (χ3n) is 2.61. The SMILES string of the molecule is CC(=O)O.c1ccc2c3c(ccc2c1)OCC3. The van der Waals surface area contributed by atoms with E-state index in [1.807, 2.05) is 0 Å². The van der Waals surface area contributed by atoms with Crippen molar-refractivity contribution >= 4 is 16.7 Å². The summed E-state index contributed by atoms with van der Waals surface area (Å²) in [6.07, 6.45) is 1.05. The van der Waals surface area contributed by atoms with E-state index in [0.29, 0.717) is 0 Å². The predicted octanol–water partition coefficient (Wildman–Crippen LogP) is 2.87. The lowest BCUT2D eigenvalue weighted by Crippen LogP contribution is -1.85. The highest BCUT2D eigenvalue weighted by Crippen LogP contribution is 2.31. The number of hydrogen-bond acceptors (Lipinski definition) is 2. The molecule has 17 heavy (non-hydrogen) atoms. The molecular weight excluding hydrogens is 216 g/mol. The Labute approximate surface area is 99.6 Å². The van der Waals surface area contributed by atoms with Gasteiger partial charge in [0, 0.05) is 18.9 Å². The summed E-state index contributed by atoms with van der Waals surface area (Å²) in [6.45, 7) is 1.92. The van der Waals surface area contributed by atoms with Crippen molar-refractivity contribution in [1.82, 2.24) is 0 Å². The first-order valence-electron chi connectivity index (χ1n) is 5.51. The van der Waals surface area contributed by atoms with Crippen LogP contribution in [-0.2, 0) is 11.2 Å². The highest BCUT2D eigenvalue weighted by Gasteiger charge is 2.13. The molecule has 1 aliphatic rings. The van der Waals surface area contributed by atoms with Crippen molar-refractivity contribution in [3.8, 4) is 5.75 Å². The summed E-state index contributed by atoms with van der Waals surface area (Å²) in [7, 11) is 0. The Morgan fingerprint density at radius 1 is 1.24 bits per heavy atom. The molecule has 0 fully saturated rings. The number of benzene rings is 2. The molecule has 3 rings (SSSR count). The second-order valence-electron chi connectivity index (χ2n) is 3.88. The molecule has 3 heteroatoms. The molecule has 1 aliphatic heterocycles. The summed E-state index contributed by atoms with van der Waals surface area (Å²) in [5.74, 6) is 0.235. The van der Waals surface area contributed by atoms with E-state index in [-0.39, 0.29) is 0 Å². The Kier molecular flexibility index (Phi) is 3.28. The Morgan fingerprint density at radius 2 is 1.94 bits per heavy atom. The molecule has 1 heterocycles. The monoisotopic (exact) mass is 230 g/mol. The molecule has 0 bridgehead atoms. The molecule has 0 aliphatic carbocycles. The average Bonchev–Trinajstić information content (AvgIpc) is 2.76. The van der Waals surface area contributed by atoms with Crippen molar-refractivity contribution in [2.45, 2.75) is 13.3 Å². The minimum atomic E-state index is -0.833. The highest BCUT2D eigenvalue weighted by molar-refractivity contribution is 5.88. The first-order valence-corrected chi connectivity index (χ1v) is 5.51. The molecule has 2 aromatic rings. The third kappa shape index (κ3) is 2.56. The maximum absolute atomic E-state index is 9.00. The van der Waals surface area contributed by atoms with Gasteiger partial charge in [-0.1, -0.05) is 30.3 Å². The largest absolute Gasteiger partial charge is 0.493 e. The summed E-state index contributed by atoms with van der Waals surface area (Å²) >= 11 is 0. The Bertz CT molecular complexity index is 542. The molecule has 3 nitrogen and oxygen atoms in total. The fourth-order valence-electron chi connectivity index (χ4n) is 1.97. The predicted molar refractivity (Wildman–Crippen MR) is 66.5 cm³/mol. The Morgan fingerprint density at radius 3 is 2.71 bits per heavy atom. The number of fused-ring (bicyclic) bond motifs is 3. The minimum absolute atomic E-state index is 0.833. The van der Waals surface area contributed by atoms with E-state index in [1.165, 1.54) is 16.3 Å². The van der Waals surface area contributed by atoms with Gasteiger partial charge in [0.2, 0.25) is 0 Å². The second-order valence-corrected chi connectivity index (χ2v) is 3.88. The van der Waals surface area contributed by atoms with Crippen LogP contribution in [0.25, 0.3) is 10.8 Å². The van der Waals surface area contributed by atoms with E-state index in [4.69, 9.17) is 14.6 Å². The summed E-state index contributed by atoms with van der Waals surface area (Å²) < 4.78 is 5.51. The van der Waals surface area contributed by atoms with Crippen LogP contribution in [0.15, 0.2) is 36.4 Å². The smallest absolute Gasteiger partial charge is 0.300 e. The van der Waals surface area contributed by atoms with Crippen LogP contribution >= 0.6 is 0 Å². The molecule has 88 valence electrons.